The summed E-state index contributed by atoms with van der Waals surface area (Å²) in [5.74, 6) is -3.38. The van der Waals surface area contributed by atoms with Crippen LogP contribution in [0.1, 0.15) is 11.1 Å². The summed E-state index contributed by atoms with van der Waals surface area (Å²) >= 11 is 0. The van der Waals surface area contributed by atoms with E-state index in [0.717, 1.165) is 6.07 Å². The molecule has 0 saturated carbocycles. The van der Waals surface area contributed by atoms with E-state index < -0.39 is 33.7 Å². The lowest BCUT2D eigenvalue weighted by Gasteiger charge is -2.11. The zero-order valence-corrected chi connectivity index (χ0v) is 11.2. The molecule has 0 aliphatic carbocycles. The average Bonchev–Trinajstić information content (AvgIpc) is 2.38. The number of nitro groups is 1. The second-order valence-electron chi connectivity index (χ2n) is 4.58. The van der Waals surface area contributed by atoms with Crippen molar-refractivity contribution in [3.05, 3.63) is 63.0 Å². The minimum atomic E-state index is -1.42. The van der Waals surface area contributed by atoms with Gasteiger partial charge in [-0.2, -0.15) is 0 Å². The molecule has 21 heavy (non-hydrogen) atoms. The van der Waals surface area contributed by atoms with Crippen LogP contribution < -0.4 is 5.32 Å². The number of hydrogen-bond donors (Lipinski definition) is 1. The Morgan fingerprint density at radius 3 is 2.33 bits per heavy atom. The van der Waals surface area contributed by atoms with Crippen LogP contribution in [0.15, 0.2) is 24.3 Å². The van der Waals surface area contributed by atoms with Crippen molar-refractivity contribution in [1.82, 2.24) is 0 Å². The summed E-state index contributed by atoms with van der Waals surface area (Å²) in [7, 11) is 0. The molecule has 0 unspecified atom stereocenters. The monoisotopic (exact) mass is 296 g/mol. The van der Waals surface area contributed by atoms with E-state index in [1.807, 2.05) is 0 Å². The molecular formula is C14H11F3N2O2. The van der Waals surface area contributed by atoms with E-state index in [0.29, 0.717) is 5.56 Å². The van der Waals surface area contributed by atoms with Gasteiger partial charge in [-0.3, -0.25) is 10.1 Å². The fourth-order valence-electron chi connectivity index (χ4n) is 1.95. The predicted molar refractivity (Wildman–Crippen MR) is 72.2 cm³/mol. The van der Waals surface area contributed by atoms with Gasteiger partial charge in [0.25, 0.3) is 5.69 Å². The quantitative estimate of drug-likeness (QED) is 0.675. The Morgan fingerprint density at radius 2 is 1.76 bits per heavy atom. The molecular weight excluding hydrogens is 285 g/mol. The number of anilines is 2. The maximum atomic E-state index is 13.8. The van der Waals surface area contributed by atoms with Crippen molar-refractivity contribution in [3.8, 4) is 0 Å². The summed E-state index contributed by atoms with van der Waals surface area (Å²) < 4.78 is 41.0. The first-order valence-electron chi connectivity index (χ1n) is 5.97. The lowest BCUT2D eigenvalue weighted by Crippen LogP contribution is -2.05. The molecule has 7 heteroatoms. The van der Waals surface area contributed by atoms with E-state index in [1.165, 1.54) is 19.1 Å². The normalized spacial score (nSPS) is 10.5. The zero-order valence-electron chi connectivity index (χ0n) is 11.2. The Morgan fingerprint density at radius 1 is 1.10 bits per heavy atom. The van der Waals surface area contributed by atoms with E-state index in [9.17, 15) is 23.3 Å². The second-order valence-corrected chi connectivity index (χ2v) is 4.58. The maximum absolute atomic E-state index is 13.8. The Bertz CT molecular complexity index is 733. The van der Waals surface area contributed by atoms with Gasteiger partial charge >= 0.3 is 0 Å². The molecule has 1 N–H and O–H groups in total. The van der Waals surface area contributed by atoms with Crippen LogP contribution in [0.4, 0.5) is 30.2 Å². The minimum Gasteiger partial charge on any atom is -0.345 e. The van der Waals surface area contributed by atoms with Gasteiger partial charge in [-0.15, -0.1) is 0 Å². The minimum absolute atomic E-state index is 0.0612. The number of nitrogens with zero attached hydrogens (tertiary/aromatic N) is 1. The van der Waals surface area contributed by atoms with Crippen molar-refractivity contribution in [2.75, 3.05) is 5.32 Å². The van der Waals surface area contributed by atoms with Gasteiger partial charge in [-0.05, 0) is 37.6 Å². The summed E-state index contributed by atoms with van der Waals surface area (Å²) in [6, 6.07) is 4.75. The number of rotatable bonds is 3. The standard InChI is InChI=1S/C14H11F3N2O2/c1-7-3-4-11(9(15)5-7)18-13-12(17)10(16)6-8(2)14(13)19(20)21/h3-6,18H,1-2H3. The largest absolute Gasteiger partial charge is 0.345 e. The smallest absolute Gasteiger partial charge is 0.298 e. The highest BCUT2D eigenvalue weighted by Crippen LogP contribution is 2.35. The van der Waals surface area contributed by atoms with Crippen LogP contribution in [0.2, 0.25) is 0 Å². The summed E-state index contributed by atoms with van der Waals surface area (Å²) in [5, 5.41) is 13.3. The highest BCUT2D eigenvalue weighted by molar-refractivity contribution is 5.73. The third kappa shape index (κ3) is 2.81. The second kappa shape index (κ2) is 5.43. The van der Waals surface area contributed by atoms with Crippen LogP contribution in [0.25, 0.3) is 0 Å². The third-order valence-corrected chi connectivity index (χ3v) is 2.95. The van der Waals surface area contributed by atoms with E-state index >= 15 is 0 Å². The third-order valence-electron chi connectivity index (χ3n) is 2.95. The Labute approximate surface area is 118 Å². The first-order chi connectivity index (χ1) is 9.81. The van der Waals surface area contributed by atoms with Gasteiger partial charge < -0.3 is 5.32 Å². The lowest BCUT2D eigenvalue weighted by molar-refractivity contribution is -0.384. The van der Waals surface area contributed by atoms with Gasteiger partial charge in [-0.25, -0.2) is 13.2 Å². The molecule has 2 aromatic rings. The highest BCUT2D eigenvalue weighted by atomic mass is 19.2. The van der Waals surface area contributed by atoms with Crippen molar-refractivity contribution >= 4 is 17.1 Å². The molecule has 0 fully saturated rings. The molecule has 2 aromatic carbocycles. The molecule has 0 radical (unpaired) electrons. The Kier molecular flexibility index (Phi) is 3.84. The van der Waals surface area contributed by atoms with Crippen molar-refractivity contribution in [1.29, 1.82) is 0 Å². The molecule has 0 spiro atoms. The molecule has 0 amide bonds. The molecule has 110 valence electrons. The first kappa shape index (κ1) is 14.8. The van der Waals surface area contributed by atoms with Crippen LogP contribution in [-0.2, 0) is 0 Å². The SMILES string of the molecule is Cc1ccc(Nc2c(F)c(F)cc(C)c2[N+](=O)[O-])c(F)c1. The number of benzene rings is 2. The highest BCUT2D eigenvalue weighted by Gasteiger charge is 2.25. The average molecular weight is 296 g/mol. The van der Waals surface area contributed by atoms with Crippen molar-refractivity contribution in [2.45, 2.75) is 13.8 Å². The number of aryl methyl sites for hydroxylation is 2. The number of nitro benzene ring substituents is 1. The van der Waals surface area contributed by atoms with Crippen LogP contribution in [0.3, 0.4) is 0 Å². The van der Waals surface area contributed by atoms with Crippen LogP contribution in [-0.4, -0.2) is 4.92 Å². The fraction of sp³-hybridized carbons (Fsp3) is 0.143. The topological polar surface area (TPSA) is 55.2 Å². The molecule has 0 aromatic heterocycles. The van der Waals surface area contributed by atoms with Crippen LogP contribution in [0, 0.1) is 41.4 Å². The summed E-state index contributed by atoms with van der Waals surface area (Å²) in [6.07, 6.45) is 0. The van der Waals surface area contributed by atoms with Crippen molar-refractivity contribution in [3.63, 3.8) is 0 Å². The molecule has 2 rings (SSSR count). The fourth-order valence-corrected chi connectivity index (χ4v) is 1.95. The maximum Gasteiger partial charge on any atom is 0.298 e. The van der Waals surface area contributed by atoms with Gasteiger partial charge in [0.15, 0.2) is 17.3 Å². The van der Waals surface area contributed by atoms with Gasteiger partial charge in [0.2, 0.25) is 0 Å². The van der Waals surface area contributed by atoms with E-state index in [-0.39, 0.29) is 11.3 Å². The van der Waals surface area contributed by atoms with Crippen molar-refractivity contribution < 1.29 is 18.1 Å². The number of halogens is 3. The Balaban J connectivity index is 2.60. The molecule has 0 saturated heterocycles. The molecule has 0 aliphatic heterocycles. The number of hydrogen-bond acceptors (Lipinski definition) is 3. The predicted octanol–water partition coefficient (Wildman–Crippen LogP) is 4.37. The van der Waals surface area contributed by atoms with Crippen LogP contribution >= 0.6 is 0 Å². The van der Waals surface area contributed by atoms with Gasteiger partial charge in [0.05, 0.1) is 10.6 Å². The summed E-state index contributed by atoms with van der Waals surface area (Å²) in [5.41, 5.74) is -0.931. The number of nitrogens with one attached hydrogen (secondary N) is 1. The summed E-state index contributed by atoms with van der Waals surface area (Å²) in [4.78, 5) is 10.2. The van der Waals surface area contributed by atoms with Gasteiger partial charge in [0, 0.05) is 5.56 Å². The summed E-state index contributed by atoms with van der Waals surface area (Å²) in [6.45, 7) is 2.93. The van der Waals surface area contributed by atoms with E-state index in [1.54, 1.807) is 13.0 Å². The molecule has 0 atom stereocenters. The molecule has 0 bridgehead atoms. The van der Waals surface area contributed by atoms with Crippen molar-refractivity contribution in [2.24, 2.45) is 0 Å². The first-order valence-corrected chi connectivity index (χ1v) is 5.97. The van der Waals surface area contributed by atoms with Gasteiger partial charge in [-0.1, -0.05) is 6.07 Å². The van der Waals surface area contributed by atoms with Crippen LogP contribution in [0.5, 0.6) is 0 Å². The molecule has 0 heterocycles. The molecule has 0 aliphatic rings. The Hall–Kier alpha value is -2.57. The lowest BCUT2D eigenvalue weighted by atomic mass is 10.1. The van der Waals surface area contributed by atoms with E-state index in [4.69, 9.17) is 0 Å². The zero-order chi connectivity index (χ0) is 15.7. The van der Waals surface area contributed by atoms with E-state index in [2.05, 4.69) is 5.32 Å². The van der Waals surface area contributed by atoms with Gasteiger partial charge in [0.1, 0.15) is 5.82 Å². The molecule has 4 nitrogen and oxygen atoms in total.